The van der Waals surface area contributed by atoms with Crippen molar-refractivity contribution in [3.05, 3.63) is 59.0 Å². The van der Waals surface area contributed by atoms with Gasteiger partial charge in [0, 0.05) is 35.2 Å². The van der Waals surface area contributed by atoms with E-state index in [2.05, 4.69) is 27.5 Å². The normalized spacial score (nSPS) is 17.3. The van der Waals surface area contributed by atoms with E-state index in [1.54, 1.807) is 11.3 Å². The topological polar surface area (TPSA) is 49.8 Å². The van der Waals surface area contributed by atoms with Gasteiger partial charge in [-0.1, -0.05) is 18.2 Å². The minimum Gasteiger partial charge on any atom is -0.340 e. The van der Waals surface area contributed by atoms with Crippen LogP contribution in [0.25, 0.3) is 11.3 Å². The van der Waals surface area contributed by atoms with Crippen molar-refractivity contribution in [2.24, 2.45) is 0 Å². The highest BCUT2D eigenvalue weighted by molar-refractivity contribution is 7.08. The van der Waals surface area contributed by atoms with E-state index in [-0.39, 0.29) is 0 Å². The zero-order valence-corrected chi connectivity index (χ0v) is 13.5. The highest BCUT2D eigenvalue weighted by Crippen LogP contribution is 2.27. The summed E-state index contributed by atoms with van der Waals surface area (Å²) >= 11 is 1.69. The van der Waals surface area contributed by atoms with Gasteiger partial charge in [0.05, 0.1) is 5.69 Å². The molecule has 3 aromatic rings. The Labute approximate surface area is 139 Å². The van der Waals surface area contributed by atoms with Crippen molar-refractivity contribution in [1.82, 2.24) is 15.3 Å². The average Bonchev–Trinajstić information content (AvgIpc) is 3.29. The van der Waals surface area contributed by atoms with Gasteiger partial charge in [-0.25, -0.2) is 9.97 Å². The summed E-state index contributed by atoms with van der Waals surface area (Å²) < 4.78 is 0. The number of thiophene rings is 1. The van der Waals surface area contributed by atoms with Gasteiger partial charge in [-0.05, 0) is 36.5 Å². The Morgan fingerprint density at radius 2 is 2.04 bits per heavy atom. The summed E-state index contributed by atoms with van der Waals surface area (Å²) in [7, 11) is 0. The summed E-state index contributed by atoms with van der Waals surface area (Å²) in [6, 6.07) is 14.3. The van der Waals surface area contributed by atoms with Crippen molar-refractivity contribution in [1.29, 1.82) is 0 Å². The third kappa shape index (κ3) is 3.25. The van der Waals surface area contributed by atoms with Gasteiger partial charge in [0.2, 0.25) is 0 Å². The fourth-order valence-corrected chi connectivity index (χ4v) is 3.46. The number of benzene rings is 1. The van der Waals surface area contributed by atoms with E-state index in [4.69, 9.17) is 9.97 Å². The first-order chi connectivity index (χ1) is 11.4. The molecule has 2 N–H and O–H groups in total. The zero-order valence-electron chi connectivity index (χ0n) is 12.7. The van der Waals surface area contributed by atoms with Crippen LogP contribution in [-0.4, -0.2) is 23.1 Å². The molecule has 0 amide bonds. The van der Waals surface area contributed by atoms with Gasteiger partial charge >= 0.3 is 0 Å². The Morgan fingerprint density at radius 3 is 2.78 bits per heavy atom. The molecular formula is C18H18N4S. The first-order valence-corrected chi connectivity index (χ1v) is 8.77. The number of nitrogens with one attached hydrogen (secondary N) is 2. The second-order valence-electron chi connectivity index (χ2n) is 5.69. The first-order valence-electron chi connectivity index (χ1n) is 7.83. The summed E-state index contributed by atoms with van der Waals surface area (Å²) in [5.41, 5.74) is 3.18. The van der Waals surface area contributed by atoms with Gasteiger partial charge in [-0.2, -0.15) is 11.3 Å². The molecule has 23 heavy (non-hydrogen) atoms. The molecule has 4 nitrogen and oxygen atoms in total. The SMILES string of the molecule is c1ccc(Nc2cc(-c3ccsc3)nc([C@@H]3CCNC3)n2)cc1. The maximum Gasteiger partial charge on any atom is 0.135 e. The molecule has 1 saturated heterocycles. The molecule has 0 bridgehead atoms. The zero-order chi connectivity index (χ0) is 15.5. The van der Waals surface area contributed by atoms with E-state index in [0.29, 0.717) is 5.92 Å². The van der Waals surface area contributed by atoms with Gasteiger partial charge in [0.1, 0.15) is 11.6 Å². The number of hydrogen-bond acceptors (Lipinski definition) is 5. The summed E-state index contributed by atoms with van der Waals surface area (Å²) in [6.45, 7) is 2.00. The molecule has 116 valence electrons. The highest BCUT2D eigenvalue weighted by Gasteiger charge is 2.21. The third-order valence-corrected chi connectivity index (χ3v) is 4.72. The predicted molar refractivity (Wildman–Crippen MR) is 95.3 cm³/mol. The number of para-hydroxylation sites is 1. The minimum absolute atomic E-state index is 0.393. The minimum atomic E-state index is 0.393. The predicted octanol–water partition coefficient (Wildman–Crippen LogP) is 4.03. The lowest BCUT2D eigenvalue weighted by Crippen LogP contribution is -2.11. The second-order valence-corrected chi connectivity index (χ2v) is 6.47. The molecular weight excluding hydrogens is 304 g/mol. The van der Waals surface area contributed by atoms with Crippen LogP contribution in [-0.2, 0) is 0 Å². The quantitative estimate of drug-likeness (QED) is 0.761. The Hall–Kier alpha value is -2.24. The number of rotatable bonds is 4. The van der Waals surface area contributed by atoms with Crippen molar-refractivity contribution in [2.45, 2.75) is 12.3 Å². The monoisotopic (exact) mass is 322 g/mol. The smallest absolute Gasteiger partial charge is 0.135 e. The van der Waals surface area contributed by atoms with E-state index >= 15 is 0 Å². The van der Waals surface area contributed by atoms with Crippen LogP contribution < -0.4 is 10.6 Å². The third-order valence-electron chi connectivity index (χ3n) is 4.03. The fourth-order valence-electron chi connectivity index (χ4n) is 2.81. The Morgan fingerprint density at radius 1 is 1.13 bits per heavy atom. The van der Waals surface area contributed by atoms with Crippen LogP contribution in [0.2, 0.25) is 0 Å². The van der Waals surface area contributed by atoms with Crippen LogP contribution in [0.15, 0.2) is 53.2 Å². The largest absolute Gasteiger partial charge is 0.340 e. The molecule has 1 atom stereocenters. The van der Waals surface area contributed by atoms with E-state index in [0.717, 1.165) is 48.1 Å². The molecule has 1 aliphatic heterocycles. The molecule has 2 aromatic heterocycles. The molecule has 0 spiro atoms. The molecule has 1 aliphatic rings. The summed E-state index contributed by atoms with van der Waals surface area (Å²) in [5, 5.41) is 11.0. The van der Waals surface area contributed by atoms with Crippen LogP contribution in [0.4, 0.5) is 11.5 Å². The van der Waals surface area contributed by atoms with Crippen molar-refractivity contribution in [3.8, 4) is 11.3 Å². The van der Waals surface area contributed by atoms with E-state index in [1.165, 1.54) is 0 Å². The molecule has 1 aromatic carbocycles. The lowest BCUT2D eigenvalue weighted by molar-refractivity contribution is 0.704. The van der Waals surface area contributed by atoms with Crippen molar-refractivity contribution < 1.29 is 0 Å². The Bertz CT molecular complexity index is 765. The van der Waals surface area contributed by atoms with Crippen LogP contribution in [0.5, 0.6) is 0 Å². The first kappa shape index (κ1) is 14.4. The van der Waals surface area contributed by atoms with Crippen LogP contribution >= 0.6 is 11.3 Å². The number of hydrogen-bond donors (Lipinski definition) is 2. The lowest BCUT2D eigenvalue weighted by Gasteiger charge is -2.12. The van der Waals surface area contributed by atoms with E-state index < -0.39 is 0 Å². The number of aromatic nitrogens is 2. The van der Waals surface area contributed by atoms with Gasteiger partial charge in [0.15, 0.2) is 0 Å². The van der Waals surface area contributed by atoms with E-state index in [1.807, 2.05) is 36.4 Å². The Kier molecular flexibility index (Phi) is 4.05. The van der Waals surface area contributed by atoms with Gasteiger partial charge < -0.3 is 10.6 Å². The molecule has 0 radical (unpaired) electrons. The summed E-state index contributed by atoms with van der Waals surface area (Å²) in [6.07, 6.45) is 1.10. The molecule has 4 rings (SSSR count). The number of nitrogens with zero attached hydrogens (tertiary/aromatic N) is 2. The number of anilines is 2. The van der Waals surface area contributed by atoms with Gasteiger partial charge in [-0.3, -0.25) is 0 Å². The molecule has 1 fully saturated rings. The van der Waals surface area contributed by atoms with Gasteiger partial charge in [0.25, 0.3) is 0 Å². The molecule has 0 saturated carbocycles. The van der Waals surface area contributed by atoms with Gasteiger partial charge in [-0.15, -0.1) is 0 Å². The maximum atomic E-state index is 4.82. The standard InChI is InChI=1S/C18H18N4S/c1-2-4-15(5-3-1)20-17-10-16(14-7-9-23-12-14)21-18(22-17)13-6-8-19-11-13/h1-5,7,9-10,12-13,19H,6,8,11H2,(H,20,21,22)/t13-/m1/s1. The lowest BCUT2D eigenvalue weighted by atomic mass is 10.1. The van der Waals surface area contributed by atoms with Crippen LogP contribution in [0, 0.1) is 0 Å². The average molecular weight is 322 g/mol. The highest BCUT2D eigenvalue weighted by atomic mass is 32.1. The van der Waals surface area contributed by atoms with Crippen LogP contribution in [0.3, 0.4) is 0 Å². The van der Waals surface area contributed by atoms with Crippen molar-refractivity contribution >= 4 is 22.8 Å². The molecule has 0 unspecified atom stereocenters. The molecule has 0 aliphatic carbocycles. The summed E-state index contributed by atoms with van der Waals surface area (Å²) in [4.78, 5) is 9.58. The second kappa shape index (κ2) is 6.48. The fraction of sp³-hybridized carbons (Fsp3) is 0.222. The van der Waals surface area contributed by atoms with Crippen molar-refractivity contribution in [3.63, 3.8) is 0 Å². The van der Waals surface area contributed by atoms with E-state index in [9.17, 15) is 0 Å². The van der Waals surface area contributed by atoms with Crippen LogP contribution in [0.1, 0.15) is 18.2 Å². The molecule has 5 heteroatoms. The maximum absolute atomic E-state index is 4.82. The van der Waals surface area contributed by atoms with Crippen molar-refractivity contribution in [2.75, 3.05) is 18.4 Å². The molecule has 3 heterocycles. The Balaban J connectivity index is 1.72. The summed E-state index contributed by atoms with van der Waals surface area (Å²) in [5.74, 6) is 2.18.